The molecule has 2 unspecified atom stereocenters. The quantitative estimate of drug-likeness (QED) is 0.729. The van der Waals surface area contributed by atoms with E-state index >= 15 is 0 Å². The summed E-state index contributed by atoms with van der Waals surface area (Å²) < 4.78 is 0. The molecule has 2 atom stereocenters. The van der Waals surface area contributed by atoms with E-state index in [-0.39, 0.29) is 12.5 Å². The first-order chi connectivity index (χ1) is 7.26. The van der Waals surface area contributed by atoms with E-state index < -0.39 is 0 Å². The Labute approximate surface area is 96.0 Å². The number of amides is 1. The van der Waals surface area contributed by atoms with Gasteiger partial charge < -0.3 is 10.4 Å². The molecule has 1 aliphatic rings. The Morgan fingerprint density at radius 3 is 3.00 bits per heavy atom. The molecule has 1 fully saturated rings. The van der Waals surface area contributed by atoms with Gasteiger partial charge >= 0.3 is 0 Å². The van der Waals surface area contributed by atoms with Crippen molar-refractivity contribution >= 4 is 17.7 Å². The van der Waals surface area contributed by atoms with E-state index in [4.69, 9.17) is 5.11 Å². The number of carbonyl (C=O) groups is 1. The topological polar surface area (TPSA) is 49.3 Å². The third kappa shape index (κ3) is 4.89. The smallest absolute Gasteiger partial charge is 0.220 e. The normalized spacial score (nSPS) is 25.5. The van der Waals surface area contributed by atoms with Gasteiger partial charge in [-0.15, -0.1) is 0 Å². The van der Waals surface area contributed by atoms with Crippen LogP contribution in [0.15, 0.2) is 0 Å². The van der Waals surface area contributed by atoms with Gasteiger partial charge in [-0.05, 0) is 31.4 Å². The van der Waals surface area contributed by atoms with E-state index in [1.165, 1.54) is 6.42 Å². The number of aliphatic hydroxyl groups excluding tert-OH is 1. The predicted molar refractivity (Wildman–Crippen MR) is 64.0 cm³/mol. The molecule has 0 aromatic rings. The van der Waals surface area contributed by atoms with Crippen LogP contribution in [0.3, 0.4) is 0 Å². The molecule has 4 heteroatoms. The zero-order valence-corrected chi connectivity index (χ0v) is 10.2. The van der Waals surface area contributed by atoms with E-state index in [0.29, 0.717) is 18.9 Å². The molecule has 3 nitrogen and oxygen atoms in total. The fraction of sp³-hybridized carbons (Fsp3) is 0.909. The fourth-order valence-electron chi connectivity index (χ4n) is 2.00. The molecule has 0 saturated heterocycles. The third-order valence-electron chi connectivity index (χ3n) is 2.71. The van der Waals surface area contributed by atoms with Crippen LogP contribution < -0.4 is 5.32 Å². The molecule has 1 saturated carbocycles. The second-order valence-corrected chi connectivity index (χ2v) is 5.56. The summed E-state index contributed by atoms with van der Waals surface area (Å²) >= 11 is 2.00. The Kier molecular flexibility index (Phi) is 6.10. The van der Waals surface area contributed by atoms with Gasteiger partial charge in [0.05, 0.1) is 0 Å². The van der Waals surface area contributed by atoms with Crippen molar-refractivity contribution in [3.8, 4) is 0 Å². The Bertz CT molecular complexity index is 199. The highest BCUT2D eigenvalue weighted by atomic mass is 32.2. The van der Waals surface area contributed by atoms with Gasteiger partial charge in [-0.1, -0.05) is 6.92 Å². The lowest BCUT2D eigenvalue weighted by atomic mass is 10.2. The van der Waals surface area contributed by atoms with Crippen LogP contribution in [0.1, 0.15) is 39.0 Å². The largest absolute Gasteiger partial charge is 0.396 e. The standard InChI is InChI=1S/C11H21NO2S/c1-2-15-10-6-5-9(8-10)12-11(14)4-3-7-13/h9-10,13H,2-8H2,1H3,(H,12,14). The van der Waals surface area contributed by atoms with Gasteiger partial charge in [0, 0.05) is 24.3 Å². The van der Waals surface area contributed by atoms with E-state index in [1.54, 1.807) is 0 Å². The molecule has 2 N–H and O–H groups in total. The summed E-state index contributed by atoms with van der Waals surface area (Å²) in [5, 5.41) is 12.4. The molecule has 0 spiro atoms. The van der Waals surface area contributed by atoms with Crippen molar-refractivity contribution < 1.29 is 9.90 Å². The summed E-state index contributed by atoms with van der Waals surface area (Å²) in [6, 6.07) is 0.375. The van der Waals surface area contributed by atoms with Crippen molar-refractivity contribution in [1.82, 2.24) is 5.32 Å². The number of thioether (sulfide) groups is 1. The minimum Gasteiger partial charge on any atom is -0.396 e. The van der Waals surface area contributed by atoms with Crippen LogP contribution in [-0.4, -0.2) is 34.7 Å². The molecule has 0 aliphatic heterocycles. The zero-order chi connectivity index (χ0) is 11.1. The number of rotatable bonds is 6. The van der Waals surface area contributed by atoms with Gasteiger partial charge in [0.1, 0.15) is 0 Å². The second kappa shape index (κ2) is 7.12. The number of hydrogen-bond donors (Lipinski definition) is 2. The van der Waals surface area contributed by atoms with Gasteiger partial charge in [0.2, 0.25) is 5.91 Å². The second-order valence-electron chi connectivity index (χ2n) is 3.98. The summed E-state index contributed by atoms with van der Waals surface area (Å²) in [4.78, 5) is 11.4. The van der Waals surface area contributed by atoms with Crippen LogP contribution in [0.4, 0.5) is 0 Å². The van der Waals surface area contributed by atoms with E-state index in [9.17, 15) is 4.79 Å². The molecule has 0 radical (unpaired) electrons. The van der Waals surface area contributed by atoms with E-state index in [2.05, 4.69) is 12.2 Å². The summed E-state index contributed by atoms with van der Waals surface area (Å²) in [7, 11) is 0. The van der Waals surface area contributed by atoms with Crippen molar-refractivity contribution in [2.45, 2.75) is 50.3 Å². The zero-order valence-electron chi connectivity index (χ0n) is 9.37. The average Bonchev–Trinajstić information content (AvgIpc) is 2.63. The third-order valence-corrected chi connectivity index (χ3v) is 3.95. The monoisotopic (exact) mass is 231 g/mol. The molecule has 0 heterocycles. The number of carbonyl (C=O) groups excluding carboxylic acids is 1. The maximum Gasteiger partial charge on any atom is 0.220 e. The highest BCUT2D eigenvalue weighted by molar-refractivity contribution is 7.99. The van der Waals surface area contributed by atoms with Gasteiger partial charge in [-0.3, -0.25) is 4.79 Å². The molecule has 0 aromatic heterocycles. The molecule has 1 amide bonds. The fourth-order valence-corrected chi connectivity index (χ4v) is 3.14. The minimum absolute atomic E-state index is 0.0937. The molecule has 0 bridgehead atoms. The van der Waals surface area contributed by atoms with Crippen molar-refractivity contribution in [2.24, 2.45) is 0 Å². The van der Waals surface area contributed by atoms with Gasteiger partial charge in [-0.2, -0.15) is 11.8 Å². The van der Waals surface area contributed by atoms with Gasteiger partial charge in [0.25, 0.3) is 0 Å². The predicted octanol–water partition coefficient (Wildman–Crippen LogP) is 1.55. The average molecular weight is 231 g/mol. The molecular weight excluding hydrogens is 210 g/mol. The summed E-state index contributed by atoms with van der Waals surface area (Å²) in [6.45, 7) is 2.28. The maximum atomic E-state index is 11.4. The van der Waals surface area contributed by atoms with E-state index in [1.807, 2.05) is 11.8 Å². The Morgan fingerprint density at radius 2 is 2.33 bits per heavy atom. The highest BCUT2D eigenvalue weighted by Crippen LogP contribution is 2.29. The summed E-state index contributed by atoms with van der Waals surface area (Å²) in [5.41, 5.74) is 0. The SMILES string of the molecule is CCSC1CCC(NC(=O)CCCO)C1. The maximum absolute atomic E-state index is 11.4. The first kappa shape index (κ1) is 12.8. The molecule has 88 valence electrons. The van der Waals surface area contributed by atoms with Crippen LogP contribution in [0.2, 0.25) is 0 Å². The van der Waals surface area contributed by atoms with Crippen molar-refractivity contribution in [3.05, 3.63) is 0 Å². The highest BCUT2D eigenvalue weighted by Gasteiger charge is 2.25. The number of hydrogen-bond acceptors (Lipinski definition) is 3. The number of nitrogens with one attached hydrogen (secondary N) is 1. The molecule has 1 aliphatic carbocycles. The lowest BCUT2D eigenvalue weighted by molar-refractivity contribution is -0.122. The van der Waals surface area contributed by atoms with Crippen LogP contribution >= 0.6 is 11.8 Å². The van der Waals surface area contributed by atoms with Crippen molar-refractivity contribution in [3.63, 3.8) is 0 Å². The molecule has 0 aromatic carbocycles. The van der Waals surface area contributed by atoms with Crippen LogP contribution in [-0.2, 0) is 4.79 Å². The van der Waals surface area contributed by atoms with Crippen LogP contribution in [0, 0.1) is 0 Å². The van der Waals surface area contributed by atoms with Crippen LogP contribution in [0.5, 0.6) is 0 Å². The summed E-state index contributed by atoms with van der Waals surface area (Å²) in [6.07, 6.45) is 4.49. The first-order valence-corrected chi connectivity index (χ1v) is 6.83. The van der Waals surface area contributed by atoms with Crippen molar-refractivity contribution in [2.75, 3.05) is 12.4 Å². The Balaban J connectivity index is 2.15. The van der Waals surface area contributed by atoms with Gasteiger partial charge in [-0.25, -0.2) is 0 Å². The van der Waals surface area contributed by atoms with E-state index in [0.717, 1.165) is 23.8 Å². The summed E-state index contributed by atoms with van der Waals surface area (Å²) in [5.74, 6) is 1.26. The van der Waals surface area contributed by atoms with Gasteiger partial charge in [0.15, 0.2) is 0 Å². The lowest BCUT2D eigenvalue weighted by Crippen LogP contribution is -2.33. The minimum atomic E-state index is 0.0937. The molecular formula is C11H21NO2S. The Morgan fingerprint density at radius 1 is 1.53 bits per heavy atom. The number of aliphatic hydroxyl groups is 1. The first-order valence-electron chi connectivity index (χ1n) is 5.78. The van der Waals surface area contributed by atoms with Crippen molar-refractivity contribution in [1.29, 1.82) is 0 Å². The Hall–Kier alpha value is -0.220. The molecule has 15 heavy (non-hydrogen) atoms. The molecule has 1 rings (SSSR count). The lowest BCUT2D eigenvalue weighted by Gasteiger charge is -2.12. The van der Waals surface area contributed by atoms with Crippen LogP contribution in [0.25, 0.3) is 0 Å².